The first-order valence-electron chi connectivity index (χ1n) is 3.88. The van der Waals surface area contributed by atoms with Crippen molar-refractivity contribution in [2.24, 2.45) is 0 Å². The van der Waals surface area contributed by atoms with E-state index in [0.29, 0.717) is 0 Å². The summed E-state index contributed by atoms with van der Waals surface area (Å²) in [6.45, 7) is -0.374. The van der Waals surface area contributed by atoms with E-state index in [0.717, 1.165) is 0 Å². The zero-order valence-corrected chi connectivity index (χ0v) is 6.96. The van der Waals surface area contributed by atoms with Gasteiger partial charge in [0.05, 0.1) is 6.61 Å². The van der Waals surface area contributed by atoms with Crippen LogP contribution in [0.3, 0.4) is 0 Å². The maximum absolute atomic E-state index is 9.31. The number of terminal acetylenes is 1. The van der Waals surface area contributed by atoms with E-state index >= 15 is 0 Å². The lowest BCUT2D eigenvalue weighted by Crippen LogP contribution is -2.34. The molecule has 1 saturated heterocycles. The first-order chi connectivity index (χ1) is 6.20. The van der Waals surface area contributed by atoms with Crippen molar-refractivity contribution in [2.45, 2.75) is 24.6 Å². The second kappa shape index (κ2) is 4.56. The van der Waals surface area contributed by atoms with Gasteiger partial charge in [-0.2, -0.15) is 0 Å². The highest BCUT2D eigenvalue weighted by atomic mass is 16.7. The molecule has 0 bridgehead atoms. The minimum atomic E-state index is -1.16. The summed E-state index contributed by atoms with van der Waals surface area (Å²) in [5, 5.41) is 27.3. The van der Waals surface area contributed by atoms with Crippen molar-refractivity contribution >= 4 is 0 Å². The molecule has 0 radical (unpaired) electrons. The lowest BCUT2D eigenvalue weighted by Gasteiger charge is -2.13. The van der Waals surface area contributed by atoms with Gasteiger partial charge >= 0.3 is 0 Å². The molecule has 0 saturated carbocycles. The van der Waals surface area contributed by atoms with Crippen LogP contribution in [0.25, 0.3) is 0 Å². The van der Waals surface area contributed by atoms with E-state index in [-0.39, 0.29) is 13.2 Å². The van der Waals surface area contributed by atoms with E-state index in [9.17, 15) is 10.2 Å². The minimum absolute atomic E-state index is 0.00735. The molecule has 5 heteroatoms. The molecule has 0 spiro atoms. The molecule has 74 valence electrons. The summed E-state index contributed by atoms with van der Waals surface area (Å²) in [6.07, 6.45) is 0.874. The molecule has 1 aliphatic heterocycles. The van der Waals surface area contributed by atoms with Crippen molar-refractivity contribution in [3.63, 3.8) is 0 Å². The zero-order valence-electron chi connectivity index (χ0n) is 6.96. The standard InChI is InChI=1S/C8H12O5/c1-2-3-12-8-7(11)6(10)5(4-9)13-8/h1,5-11H,3-4H2/t5-,6-,7+,8?/m1/s1. The molecule has 1 rings (SSSR count). The van der Waals surface area contributed by atoms with E-state index < -0.39 is 24.6 Å². The molecule has 13 heavy (non-hydrogen) atoms. The van der Waals surface area contributed by atoms with E-state index in [1.807, 2.05) is 0 Å². The highest BCUT2D eigenvalue weighted by molar-refractivity contribution is 4.88. The number of rotatable bonds is 3. The van der Waals surface area contributed by atoms with Gasteiger partial charge in [-0.15, -0.1) is 6.42 Å². The SMILES string of the molecule is C#CCOC1O[C@H](CO)[C@@H](O)[C@@H]1O. The Morgan fingerprint density at radius 1 is 1.38 bits per heavy atom. The summed E-state index contributed by atoms with van der Waals surface area (Å²) in [6, 6.07) is 0. The van der Waals surface area contributed by atoms with Crippen LogP contribution in [0.2, 0.25) is 0 Å². The summed E-state index contributed by atoms with van der Waals surface area (Å²) in [7, 11) is 0. The Morgan fingerprint density at radius 3 is 2.54 bits per heavy atom. The summed E-state index contributed by atoms with van der Waals surface area (Å²) < 4.78 is 9.86. The zero-order chi connectivity index (χ0) is 9.84. The first kappa shape index (κ1) is 10.4. The molecule has 5 nitrogen and oxygen atoms in total. The second-order valence-electron chi connectivity index (χ2n) is 2.72. The highest BCUT2D eigenvalue weighted by Crippen LogP contribution is 2.21. The van der Waals surface area contributed by atoms with Crippen LogP contribution in [-0.4, -0.2) is 53.1 Å². The Bertz CT molecular complexity index is 199. The lowest BCUT2D eigenvalue weighted by atomic mass is 10.1. The smallest absolute Gasteiger partial charge is 0.187 e. The molecule has 1 fully saturated rings. The van der Waals surface area contributed by atoms with Crippen molar-refractivity contribution in [2.75, 3.05) is 13.2 Å². The van der Waals surface area contributed by atoms with E-state index in [4.69, 9.17) is 21.0 Å². The fourth-order valence-corrected chi connectivity index (χ4v) is 1.13. The van der Waals surface area contributed by atoms with Gasteiger partial charge in [0.1, 0.15) is 24.9 Å². The number of hydrogen-bond acceptors (Lipinski definition) is 5. The molecule has 0 amide bonds. The van der Waals surface area contributed by atoms with Crippen LogP contribution < -0.4 is 0 Å². The van der Waals surface area contributed by atoms with E-state index in [1.54, 1.807) is 0 Å². The van der Waals surface area contributed by atoms with E-state index in [2.05, 4.69) is 5.92 Å². The summed E-state index contributed by atoms with van der Waals surface area (Å²) in [4.78, 5) is 0. The number of aliphatic hydroxyl groups excluding tert-OH is 3. The van der Waals surface area contributed by atoms with Gasteiger partial charge in [0.2, 0.25) is 0 Å². The third-order valence-electron chi connectivity index (χ3n) is 1.83. The third-order valence-corrected chi connectivity index (χ3v) is 1.83. The Kier molecular flexibility index (Phi) is 3.66. The van der Waals surface area contributed by atoms with Gasteiger partial charge in [-0.05, 0) is 0 Å². The van der Waals surface area contributed by atoms with Crippen molar-refractivity contribution in [1.29, 1.82) is 0 Å². The van der Waals surface area contributed by atoms with Crippen LogP contribution in [0.15, 0.2) is 0 Å². The maximum Gasteiger partial charge on any atom is 0.187 e. The van der Waals surface area contributed by atoms with Gasteiger partial charge in [-0.3, -0.25) is 0 Å². The lowest BCUT2D eigenvalue weighted by molar-refractivity contribution is -0.161. The molecule has 1 unspecified atom stereocenters. The third kappa shape index (κ3) is 2.18. The number of ether oxygens (including phenoxy) is 2. The molecular weight excluding hydrogens is 176 g/mol. The Morgan fingerprint density at radius 2 is 2.08 bits per heavy atom. The minimum Gasteiger partial charge on any atom is -0.394 e. The highest BCUT2D eigenvalue weighted by Gasteiger charge is 2.42. The summed E-state index contributed by atoms with van der Waals surface area (Å²) in [5.74, 6) is 2.21. The van der Waals surface area contributed by atoms with Crippen LogP contribution in [0.4, 0.5) is 0 Å². The van der Waals surface area contributed by atoms with Gasteiger partial charge < -0.3 is 24.8 Å². The fraction of sp³-hybridized carbons (Fsp3) is 0.750. The number of hydrogen-bond donors (Lipinski definition) is 3. The topological polar surface area (TPSA) is 79.2 Å². The second-order valence-corrected chi connectivity index (χ2v) is 2.72. The Labute approximate surface area is 75.9 Å². The predicted molar refractivity (Wildman–Crippen MR) is 42.5 cm³/mol. The van der Waals surface area contributed by atoms with Gasteiger partial charge in [-0.25, -0.2) is 0 Å². The molecule has 4 atom stereocenters. The van der Waals surface area contributed by atoms with Gasteiger partial charge in [-0.1, -0.05) is 5.92 Å². The van der Waals surface area contributed by atoms with Gasteiger partial charge in [0.15, 0.2) is 6.29 Å². The van der Waals surface area contributed by atoms with Gasteiger partial charge in [0, 0.05) is 0 Å². The quantitative estimate of drug-likeness (QED) is 0.450. The molecule has 1 heterocycles. The van der Waals surface area contributed by atoms with E-state index in [1.165, 1.54) is 0 Å². The summed E-state index contributed by atoms with van der Waals surface area (Å²) >= 11 is 0. The first-order valence-corrected chi connectivity index (χ1v) is 3.88. The molecule has 3 N–H and O–H groups in total. The van der Waals surface area contributed by atoms with Crippen LogP contribution in [0, 0.1) is 12.3 Å². The molecule has 0 aliphatic carbocycles. The van der Waals surface area contributed by atoms with Crippen LogP contribution in [0.1, 0.15) is 0 Å². The van der Waals surface area contributed by atoms with Crippen molar-refractivity contribution in [3.8, 4) is 12.3 Å². The monoisotopic (exact) mass is 188 g/mol. The van der Waals surface area contributed by atoms with Gasteiger partial charge in [0.25, 0.3) is 0 Å². The molecular formula is C8H12O5. The van der Waals surface area contributed by atoms with Crippen LogP contribution >= 0.6 is 0 Å². The largest absolute Gasteiger partial charge is 0.394 e. The average molecular weight is 188 g/mol. The molecule has 0 aromatic rings. The van der Waals surface area contributed by atoms with Crippen LogP contribution in [-0.2, 0) is 9.47 Å². The normalized spacial score (nSPS) is 38.9. The molecule has 0 aromatic heterocycles. The Balaban J connectivity index is 2.46. The molecule has 1 aliphatic rings. The Hall–Kier alpha value is -0.640. The van der Waals surface area contributed by atoms with Crippen LogP contribution in [0.5, 0.6) is 0 Å². The maximum atomic E-state index is 9.31. The van der Waals surface area contributed by atoms with Crippen molar-refractivity contribution < 1.29 is 24.8 Å². The van der Waals surface area contributed by atoms with Crippen molar-refractivity contribution in [1.82, 2.24) is 0 Å². The average Bonchev–Trinajstić information content (AvgIpc) is 2.41. The number of aliphatic hydroxyl groups is 3. The van der Waals surface area contributed by atoms with Crippen molar-refractivity contribution in [3.05, 3.63) is 0 Å². The fourth-order valence-electron chi connectivity index (χ4n) is 1.13. The molecule has 0 aromatic carbocycles. The predicted octanol–water partition coefficient (Wildman–Crippen LogP) is -1.92. The summed E-state index contributed by atoms with van der Waals surface area (Å²) in [5.41, 5.74) is 0.